The molecule has 7 heteroatoms. The zero-order chi connectivity index (χ0) is 21.6. The molecule has 2 amide bonds. The van der Waals surface area contributed by atoms with Gasteiger partial charge in [-0.2, -0.15) is 0 Å². The van der Waals surface area contributed by atoms with Crippen LogP contribution in [0.4, 0.5) is 11.4 Å². The van der Waals surface area contributed by atoms with Crippen molar-refractivity contribution in [1.82, 2.24) is 0 Å². The van der Waals surface area contributed by atoms with Gasteiger partial charge < -0.3 is 9.64 Å². The number of halogens is 1. The van der Waals surface area contributed by atoms with Crippen LogP contribution in [0.25, 0.3) is 0 Å². The second kappa shape index (κ2) is 7.62. The quantitative estimate of drug-likeness (QED) is 0.571. The van der Waals surface area contributed by atoms with E-state index in [9.17, 15) is 9.59 Å². The minimum absolute atomic E-state index is 0.0992. The van der Waals surface area contributed by atoms with Crippen LogP contribution in [0.1, 0.15) is 11.1 Å². The maximum Gasteiger partial charge on any atom is 0.269 e. The van der Waals surface area contributed by atoms with E-state index >= 15 is 0 Å². The van der Waals surface area contributed by atoms with Gasteiger partial charge in [0.2, 0.25) is 10.8 Å². The fraction of sp³-hybridized carbons (Fsp3) is 0.167. The van der Waals surface area contributed by atoms with Gasteiger partial charge in [-0.3, -0.25) is 14.5 Å². The molecule has 156 valence electrons. The highest BCUT2D eigenvalue weighted by atomic mass is 35.5. The van der Waals surface area contributed by atoms with Crippen LogP contribution in [0.3, 0.4) is 0 Å². The number of carbonyl (C=O) groups excluding carboxylic acids is 2. The first-order valence-electron chi connectivity index (χ1n) is 9.82. The average Bonchev–Trinajstić information content (AvgIpc) is 3.26. The highest BCUT2D eigenvalue weighted by Crippen LogP contribution is 2.56. The molecule has 0 N–H and O–H groups in total. The summed E-state index contributed by atoms with van der Waals surface area (Å²) in [6.45, 7) is 0.336. The molecule has 0 saturated carbocycles. The van der Waals surface area contributed by atoms with Crippen LogP contribution < -0.4 is 14.5 Å². The Bertz CT molecular complexity index is 1180. The summed E-state index contributed by atoms with van der Waals surface area (Å²) >= 11 is 7.75. The number of methoxy groups -OCH3 is 1. The lowest BCUT2D eigenvalue weighted by Crippen LogP contribution is -2.49. The molecule has 1 unspecified atom stereocenters. The van der Waals surface area contributed by atoms with E-state index in [-0.39, 0.29) is 17.6 Å². The van der Waals surface area contributed by atoms with Crippen molar-refractivity contribution >= 4 is 46.6 Å². The lowest BCUT2D eigenvalue weighted by atomic mass is 10.0. The summed E-state index contributed by atoms with van der Waals surface area (Å²) in [7, 11) is 1.59. The first kappa shape index (κ1) is 20.0. The van der Waals surface area contributed by atoms with E-state index in [2.05, 4.69) is 0 Å². The van der Waals surface area contributed by atoms with E-state index < -0.39 is 4.87 Å². The van der Waals surface area contributed by atoms with Crippen molar-refractivity contribution in [2.75, 3.05) is 22.7 Å². The van der Waals surface area contributed by atoms with Gasteiger partial charge in [0.25, 0.3) is 5.91 Å². The van der Waals surface area contributed by atoms with Crippen LogP contribution in [0.15, 0.2) is 72.8 Å². The molecule has 2 aliphatic rings. The van der Waals surface area contributed by atoms with Gasteiger partial charge in [0, 0.05) is 16.3 Å². The van der Waals surface area contributed by atoms with Crippen molar-refractivity contribution in [3.8, 4) is 5.75 Å². The first-order chi connectivity index (χ1) is 15.1. The standard InChI is InChI=1S/C24H19ClN2O3S/c1-30-18-12-10-17(11-13-18)27-22(28)15-31-24(27)19-7-3-5-9-21(19)26(23(24)29)14-16-6-2-4-8-20(16)25/h2-13H,14-15H2,1H3. The number of carbonyl (C=O) groups is 2. The van der Waals surface area contributed by atoms with Crippen LogP contribution in [-0.4, -0.2) is 24.7 Å². The van der Waals surface area contributed by atoms with Gasteiger partial charge in [-0.15, -0.1) is 11.8 Å². The van der Waals surface area contributed by atoms with Crippen LogP contribution in [0.2, 0.25) is 5.02 Å². The fourth-order valence-corrected chi connectivity index (χ4v) is 5.80. The number of benzene rings is 3. The number of hydrogen-bond donors (Lipinski definition) is 0. The number of hydrogen-bond acceptors (Lipinski definition) is 4. The van der Waals surface area contributed by atoms with E-state index in [1.54, 1.807) is 29.0 Å². The molecule has 0 bridgehead atoms. The van der Waals surface area contributed by atoms with Gasteiger partial charge in [-0.1, -0.05) is 48.0 Å². The van der Waals surface area contributed by atoms with Gasteiger partial charge in [0.05, 0.1) is 25.1 Å². The summed E-state index contributed by atoms with van der Waals surface area (Å²) < 4.78 is 5.25. The van der Waals surface area contributed by atoms with Gasteiger partial charge in [0.1, 0.15) is 5.75 Å². The highest BCUT2D eigenvalue weighted by Gasteiger charge is 2.60. The average molecular weight is 451 g/mol. The predicted octanol–water partition coefficient (Wildman–Crippen LogP) is 4.83. The van der Waals surface area contributed by atoms with Gasteiger partial charge in [-0.25, -0.2) is 0 Å². The minimum Gasteiger partial charge on any atom is -0.497 e. The zero-order valence-electron chi connectivity index (χ0n) is 16.7. The van der Waals surface area contributed by atoms with E-state index in [0.29, 0.717) is 23.0 Å². The molecule has 5 rings (SSSR count). The van der Waals surface area contributed by atoms with Gasteiger partial charge >= 0.3 is 0 Å². The minimum atomic E-state index is -1.14. The van der Waals surface area contributed by atoms with Crippen molar-refractivity contribution in [2.45, 2.75) is 11.4 Å². The second-order valence-electron chi connectivity index (χ2n) is 7.36. The molecule has 1 spiro atoms. The molecule has 1 saturated heterocycles. The molecular weight excluding hydrogens is 432 g/mol. The normalized spacial score (nSPS) is 19.9. The number of amides is 2. The van der Waals surface area contributed by atoms with Crippen LogP contribution in [0.5, 0.6) is 5.75 Å². The molecule has 1 atom stereocenters. The molecule has 0 radical (unpaired) electrons. The van der Waals surface area contributed by atoms with Crippen LogP contribution in [0, 0.1) is 0 Å². The molecule has 0 aliphatic carbocycles. The summed E-state index contributed by atoms with van der Waals surface area (Å²) in [5.41, 5.74) is 3.14. The molecule has 31 heavy (non-hydrogen) atoms. The summed E-state index contributed by atoms with van der Waals surface area (Å²) in [5, 5.41) is 0.607. The molecule has 0 aromatic heterocycles. The number of rotatable bonds is 4. The van der Waals surface area contributed by atoms with Gasteiger partial charge in [-0.05, 0) is 42.0 Å². The van der Waals surface area contributed by atoms with Crippen molar-refractivity contribution < 1.29 is 14.3 Å². The number of fused-ring (bicyclic) bond motifs is 2. The number of nitrogens with zero attached hydrogens (tertiary/aromatic N) is 2. The summed E-state index contributed by atoms with van der Waals surface area (Å²) in [4.78, 5) is 29.3. The van der Waals surface area contributed by atoms with Crippen LogP contribution in [-0.2, 0) is 21.0 Å². The summed E-state index contributed by atoms with van der Waals surface area (Å²) in [6, 6.07) is 22.4. The Kier molecular flexibility index (Phi) is 4.91. The molecule has 2 heterocycles. The van der Waals surface area contributed by atoms with Crippen molar-refractivity contribution in [1.29, 1.82) is 0 Å². The second-order valence-corrected chi connectivity index (χ2v) is 8.94. The molecule has 3 aromatic carbocycles. The Hall–Kier alpha value is -2.96. The maximum absolute atomic E-state index is 14.0. The van der Waals surface area contributed by atoms with Crippen molar-refractivity contribution in [3.05, 3.63) is 88.9 Å². The molecule has 1 fully saturated rings. The maximum atomic E-state index is 14.0. The Morgan fingerprint density at radius 3 is 2.45 bits per heavy atom. The number of ether oxygens (including phenoxy) is 1. The monoisotopic (exact) mass is 450 g/mol. The van der Waals surface area contributed by atoms with E-state index in [4.69, 9.17) is 16.3 Å². The largest absolute Gasteiger partial charge is 0.497 e. The fourth-order valence-electron chi connectivity index (χ4n) is 4.24. The third-order valence-electron chi connectivity index (χ3n) is 5.68. The Balaban J connectivity index is 1.63. The van der Waals surface area contributed by atoms with E-state index in [1.807, 2.05) is 60.7 Å². The van der Waals surface area contributed by atoms with Crippen molar-refractivity contribution in [2.24, 2.45) is 0 Å². The first-order valence-corrected chi connectivity index (χ1v) is 11.2. The van der Waals surface area contributed by atoms with E-state index in [0.717, 1.165) is 16.8 Å². The Morgan fingerprint density at radius 1 is 1.00 bits per heavy atom. The smallest absolute Gasteiger partial charge is 0.269 e. The Morgan fingerprint density at radius 2 is 1.71 bits per heavy atom. The molecule has 3 aromatic rings. The summed E-state index contributed by atoms with van der Waals surface area (Å²) in [5.74, 6) is 0.681. The zero-order valence-corrected chi connectivity index (χ0v) is 18.3. The van der Waals surface area contributed by atoms with Crippen molar-refractivity contribution in [3.63, 3.8) is 0 Å². The third kappa shape index (κ3) is 3.01. The third-order valence-corrected chi connectivity index (χ3v) is 7.44. The topological polar surface area (TPSA) is 49.9 Å². The van der Waals surface area contributed by atoms with Gasteiger partial charge in [0.15, 0.2) is 0 Å². The molecule has 2 aliphatic heterocycles. The molecule has 5 nitrogen and oxygen atoms in total. The van der Waals surface area contributed by atoms with Crippen LogP contribution >= 0.6 is 23.4 Å². The Labute approximate surface area is 189 Å². The lowest BCUT2D eigenvalue weighted by Gasteiger charge is -2.33. The number of para-hydroxylation sites is 1. The number of anilines is 2. The highest BCUT2D eigenvalue weighted by molar-refractivity contribution is 8.02. The summed E-state index contributed by atoms with van der Waals surface area (Å²) in [6.07, 6.45) is 0. The molecular formula is C24H19ClN2O3S. The lowest BCUT2D eigenvalue weighted by molar-refractivity contribution is -0.123. The predicted molar refractivity (Wildman–Crippen MR) is 124 cm³/mol. The van der Waals surface area contributed by atoms with E-state index in [1.165, 1.54) is 11.8 Å². The SMILES string of the molecule is COc1ccc(N2C(=O)CSC23C(=O)N(Cc2ccccc2Cl)c2ccccc23)cc1. The number of thioether (sulfide) groups is 1.